The van der Waals surface area contributed by atoms with Gasteiger partial charge in [-0.25, -0.2) is 0 Å². The molecule has 0 N–H and O–H groups in total. The molecule has 0 fully saturated rings. The van der Waals surface area contributed by atoms with E-state index in [4.69, 9.17) is 17.0 Å². The lowest BCUT2D eigenvalue weighted by Crippen LogP contribution is -2.29. The van der Waals surface area contributed by atoms with Crippen LogP contribution < -0.4 is 0 Å². The summed E-state index contributed by atoms with van der Waals surface area (Å²) in [6, 6.07) is 0. The van der Waals surface area contributed by atoms with Crippen LogP contribution in [0.4, 0.5) is 0 Å². The van der Waals surface area contributed by atoms with Gasteiger partial charge in [0.05, 0.1) is 0 Å². The van der Waals surface area contributed by atoms with Crippen molar-refractivity contribution in [3.63, 3.8) is 0 Å². The van der Waals surface area contributed by atoms with E-state index in [9.17, 15) is 0 Å². The van der Waals surface area contributed by atoms with Gasteiger partial charge in [0, 0.05) is 0 Å². The minimum atomic E-state index is 0.140. The molecule has 0 spiro atoms. The Balaban J connectivity index is 4.07. The Hall–Kier alpha value is 0.240. The highest BCUT2D eigenvalue weighted by Crippen LogP contribution is 2.25. The fourth-order valence-corrected chi connectivity index (χ4v) is 1.24. The lowest BCUT2D eigenvalue weighted by atomic mass is 9.87. The summed E-state index contributed by atoms with van der Waals surface area (Å²) in [5.74, 6) is 0. The summed E-state index contributed by atoms with van der Waals surface area (Å²) >= 11 is 8.68. The Bertz CT molecular complexity index is 138. The molecule has 0 aliphatic rings. The van der Waals surface area contributed by atoms with E-state index in [1.165, 1.54) is 0 Å². The van der Waals surface area contributed by atoms with E-state index in [0.717, 1.165) is 6.42 Å². The van der Waals surface area contributed by atoms with Gasteiger partial charge in [0.1, 0.15) is 6.10 Å². The molecule has 0 aliphatic heterocycles. The molecule has 0 radical (unpaired) electrons. The standard InChI is InChI=1S/C8H16OS2/c1-5-6(8(2,3)4)9-7(10)11/h6H,5H2,1-4H3,(H,10,11). The zero-order valence-corrected chi connectivity index (χ0v) is 9.26. The van der Waals surface area contributed by atoms with Gasteiger partial charge in [-0.3, -0.25) is 0 Å². The Labute approximate surface area is 79.9 Å². The van der Waals surface area contributed by atoms with Gasteiger partial charge in [0.25, 0.3) is 0 Å². The monoisotopic (exact) mass is 192 g/mol. The van der Waals surface area contributed by atoms with Crippen LogP contribution in [-0.2, 0) is 4.74 Å². The first-order chi connectivity index (χ1) is 4.88. The van der Waals surface area contributed by atoms with Crippen LogP contribution in [0.25, 0.3) is 0 Å². The van der Waals surface area contributed by atoms with Crippen molar-refractivity contribution in [2.75, 3.05) is 0 Å². The zero-order valence-electron chi connectivity index (χ0n) is 7.55. The van der Waals surface area contributed by atoms with Crippen LogP contribution >= 0.6 is 24.8 Å². The van der Waals surface area contributed by atoms with Crippen molar-refractivity contribution in [1.82, 2.24) is 0 Å². The fourth-order valence-electron chi connectivity index (χ4n) is 0.994. The Kier molecular flexibility index (Phi) is 4.41. The molecule has 0 aromatic rings. The second-order valence-corrected chi connectivity index (χ2v) is 4.73. The third-order valence-electron chi connectivity index (χ3n) is 1.58. The van der Waals surface area contributed by atoms with Gasteiger partial charge in [-0.05, 0) is 24.1 Å². The van der Waals surface area contributed by atoms with Gasteiger partial charge in [0.15, 0.2) is 0 Å². The zero-order chi connectivity index (χ0) is 9.07. The summed E-state index contributed by atoms with van der Waals surface area (Å²) in [4.78, 5) is 0. The molecule has 0 heterocycles. The van der Waals surface area contributed by atoms with Gasteiger partial charge < -0.3 is 4.74 Å². The fraction of sp³-hybridized carbons (Fsp3) is 0.875. The van der Waals surface area contributed by atoms with Crippen molar-refractivity contribution in [2.24, 2.45) is 5.41 Å². The maximum Gasteiger partial charge on any atom is 0.217 e. The maximum absolute atomic E-state index is 5.36. The minimum Gasteiger partial charge on any atom is -0.475 e. The molecule has 1 unspecified atom stereocenters. The first-order valence-corrected chi connectivity index (χ1v) is 4.63. The summed E-state index contributed by atoms with van der Waals surface area (Å²) in [6.45, 7) is 8.48. The van der Waals surface area contributed by atoms with Crippen molar-refractivity contribution in [3.8, 4) is 0 Å². The summed E-state index contributed by atoms with van der Waals surface area (Å²) in [5, 5.41) is 0. The Morgan fingerprint density at radius 2 is 2.00 bits per heavy atom. The van der Waals surface area contributed by atoms with Crippen LogP contribution in [0.1, 0.15) is 34.1 Å². The van der Waals surface area contributed by atoms with Crippen LogP contribution in [0, 0.1) is 5.41 Å². The van der Waals surface area contributed by atoms with Gasteiger partial charge in [-0.1, -0.05) is 40.3 Å². The van der Waals surface area contributed by atoms with Gasteiger partial charge in [-0.2, -0.15) is 0 Å². The number of rotatable bonds is 2. The van der Waals surface area contributed by atoms with Crippen molar-refractivity contribution < 1.29 is 4.74 Å². The van der Waals surface area contributed by atoms with E-state index in [1.807, 2.05) is 0 Å². The van der Waals surface area contributed by atoms with E-state index in [-0.39, 0.29) is 11.5 Å². The third-order valence-corrected chi connectivity index (χ3v) is 1.78. The molecule has 3 heteroatoms. The molecule has 0 aromatic heterocycles. The molecular weight excluding hydrogens is 176 g/mol. The third kappa shape index (κ3) is 4.64. The summed E-state index contributed by atoms with van der Waals surface area (Å²) < 4.78 is 5.70. The van der Waals surface area contributed by atoms with Gasteiger partial charge >= 0.3 is 0 Å². The van der Waals surface area contributed by atoms with E-state index in [1.54, 1.807) is 0 Å². The molecule has 0 amide bonds. The molecule has 66 valence electrons. The summed E-state index contributed by atoms with van der Waals surface area (Å²) in [6.07, 6.45) is 1.14. The Morgan fingerprint density at radius 1 is 1.55 bits per heavy atom. The number of ether oxygens (including phenoxy) is 1. The molecule has 0 saturated carbocycles. The molecule has 0 aromatic carbocycles. The molecule has 1 nitrogen and oxygen atoms in total. The van der Waals surface area contributed by atoms with Crippen LogP contribution in [0.15, 0.2) is 0 Å². The van der Waals surface area contributed by atoms with Crippen molar-refractivity contribution in [2.45, 2.75) is 40.2 Å². The van der Waals surface area contributed by atoms with E-state index >= 15 is 0 Å². The lowest BCUT2D eigenvalue weighted by Gasteiger charge is -2.29. The van der Waals surface area contributed by atoms with Gasteiger partial charge in [0.2, 0.25) is 4.38 Å². The highest BCUT2D eigenvalue weighted by atomic mass is 32.1. The highest BCUT2D eigenvalue weighted by Gasteiger charge is 2.24. The van der Waals surface area contributed by atoms with Crippen molar-refractivity contribution in [3.05, 3.63) is 0 Å². The first-order valence-electron chi connectivity index (χ1n) is 3.77. The number of hydrogen-bond acceptors (Lipinski definition) is 2. The second-order valence-electron chi connectivity index (χ2n) is 3.65. The predicted octanol–water partition coefficient (Wildman–Crippen LogP) is 3.04. The first kappa shape index (κ1) is 11.2. The molecule has 1 atom stereocenters. The largest absolute Gasteiger partial charge is 0.475 e. The lowest BCUT2D eigenvalue weighted by molar-refractivity contribution is 0.0801. The molecule has 0 saturated heterocycles. The second kappa shape index (κ2) is 4.31. The number of thiocarbonyl (C=S) groups is 1. The average molecular weight is 192 g/mol. The summed E-state index contributed by atoms with van der Waals surface area (Å²) in [5.41, 5.74) is 0.140. The minimum absolute atomic E-state index is 0.140. The normalized spacial score (nSPS) is 14.3. The number of thiol groups is 1. The van der Waals surface area contributed by atoms with Crippen LogP contribution in [-0.4, -0.2) is 10.5 Å². The van der Waals surface area contributed by atoms with E-state index in [2.05, 4.69) is 40.3 Å². The number of hydrogen-bond donors (Lipinski definition) is 1. The quantitative estimate of drug-likeness (QED) is 0.532. The van der Waals surface area contributed by atoms with Gasteiger partial charge in [-0.15, -0.1) is 0 Å². The summed E-state index contributed by atoms with van der Waals surface area (Å²) in [7, 11) is 0. The molecule has 11 heavy (non-hydrogen) atoms. The van der Waals surface area contributed by atoms with Crippen LogP contribution in [0.2, 0.25) is 0 Å². The predicted molar refractivity (Wildman–Crippen MR) is 56.2 cm³/mol. The molecular formula is C8H16OS2. The average Bonchev–Trinajstić information content (AvgIpc) is 1.79. The maximum atomic E-state index is 5.36. The van der Waals surface area contributed by atoms with Crippen LogP contribution in [0.3, 0.4) is 0 Å². The molecule has 0 aliphatic carbocycles. The van der Waals surface area contributed by atoms with E-state index in [0.29, 0.717) is 4.38 Å². The SMILES string of the molecule is CCC(OC(=S)S)C(C)(C)C. The topological polar surface area (TPSA) is 9.23 Å². The van der Waals surface area contributed by atoms with Crippen LogP contribution in [0.5, 0.6) is 0 Å². The Morgan fingerprint density at radius 3 is 2.09 bits per heavy atom. The van der Waals surface area contributed by atoms with E-state index < -0.39 is 0 Å². The molecule has 0 rings (SSSR count). The van der Waals surface area contributed by atoms with Crippen molar-refractivity contribution in [1.29, 1.82) is 0 Å². The smallest absolute Gasteiger partial charge is 0.217 e. The highest BCUT2D eigenvalue weighted by molar-refractivity contribution is 8.10. The molecule has 0 bridgehead atoms. The van der Waals surface area contributed by atoms with Crippen molar-refractivity contribution >= 4 is 29.2 Å².